The third-order valence-corrected chi connectivity index (χ3v) is 1.73. The van der Waals surface area contributed by atoms with Crippen molar-refractivity contribution in [3.63, 3.8) is 0 Å². The van der Waals surface area contributed by atoms with E-state index < -0.39 is 0 Å². The molecule has 0 atom stereocenters. The molecule has 0 aliphatic heterocycles. The molecule has 0 saturated carbocycles. The molecule has 0 spiro atoms. The second-order valence-electron chi connectivity index (χ2n) is 2.09. The summed E-state index contributed by atoms with van der Waals surface area (Å²) >= 11 is 0. The third kappa shape index (κ3) is 8.02. The molecule has 1 N–H and O–H groups in total. The fraction of sp³-hybridized carbons (Fsp3) is 1.00. The molecule has 2 heteroatoms. The summed E-state index contributed by atoms with van der Waals surface area (Å²) in [6.07, 6.45) is 4.06. The van der Waals surface area contributed by atoms with Gasteiger partial charge in [-0.25, -0.2) is 0 Å². The predicted molar refractivity (Wildman–Crippen MR) is 45.3 cm³/mol. The molecule has 0 amide bonds. The monoisotopic (exact) mass is 130 g/mol. The van der Waals surface area contributed by atoms with Crippen LogP contribution in [-0.2, 0) is 0 Å². The largest absolute Gasteiger partial charge is 0.400 e. The first kappa shape index (κ1) is 11.8. The first-order valence-electron chi connectivity index (χ1n) is 3.79. The van der Waals surface area contributed by atoms with Gasteiger partial charge in [-0.2, -0.15) is 0 Å². The highest BCUT2D eigenvalue weighted by atomic mass is 16.2. The van der Waals surface area contributed by atoms with Gasteiger partial charge in [0.2, 0.25) is 0 Å². The van der Waals surface area contributed by atoms with E-state index in [4.69, 9.17) is 5.11 Å². The maximum Gasteiger partial charge on any atom is 0.139 e. The maximum absolute atomic E-state index is 7.00. The Hall–Kier alpha value is 0.0249. The summed E-state index contributed by atoms with van der Waals surface area (Å²) in [5.74, 6) is 0. The molecule has 0 aliphatic rings. The Morgan fingerprint density at radius 3 is 1.11 bits per heavy atom. The minimum atomic E-state index is 0.986. The Balaban J connectivity index is 0. The predicted octanol–water partition coefficient (Wildman–Crippen LogP) is 2.15. The Labute approximate surface area is 59.6 Å². The molecule has 0 radical (unpaired) electrons. The van der Waals surface area contributed by atoms with Crippen molar-refractivity contribution in [2.75, 3.05) is 7.11 Å². The Kier molecular flexibility index (Phi) is 14.3. The Bertz CT molecular complexity index is 30.4. The van der Waals surface area contributed by atoms with Crippen LogP contribution in [0.25, 0.3) is 0 Å². The van der Waals surface area contributed by atoms with E-state index in [-0.39, 0.29) is 0 Å². The number of aliphatic hydroxyl groups excluding tert-OH is 1. The fourth-order valence-corrected chi connectivity index (χ4v) is 0.866. The molecule has 0 bridgehead atoms. The van der Waals surface area contributed by atoms with E-state index in [1.807, 2.05) is 0 Å². The molecular formula is C7H19BO. The van der Waals surface area contributed by atoms with Gasteiger partial charge in [-0.15, -0.1) is 0 Å². The highest BCUT2D eigenvalue weighted by Crippen LogP contribution is 2.01. The van der Waals surface area contributed by atoms with Crippen LogP contribution < -0.4 is 0 Å². The van der Waals surface area contributed by atoms with Crippen LogP contribution in [0.15, 0.2) is 0 Å². The maximum atomic E-state index is 7.00. The lowest BCUT2D eigenvalue weighted by Gasteiger charge is -2.00. The highest BCUT2D eigenvalue weighted by molar-refractivity contribution is 6.58. The normalized spacial score (nSPS) is 7.67. The van der Waals surface area contributed by atoms with E-state index in [1.165, 1.54) is 19.0 Å². The van der Waals surface area contributed by atoms with Crippen molar-refractivity contribution in [2.24, 2.45) is 0 Å². The molecule has 0 aromatic rings. The van der Waals surface area contributed by atoms with Gasteiger partial charge in [0, 0.05) is 7.11 Å². The smallest absolute Gasteiger partial charge is 0.139 e. The molecule has 0 rings (SSSR count). The van der Waals surface area contributed by atoms with Gasteiger partial charge >= 0.3 is 0 Å². The van der Waals surface area contributed by atoms with Gasteiger partial charge in [-0.1, -0.05) is 39.7 Å². The minimum absolute atomic E-state index is 0.986. The van der Waals surface area contributed by atoms with E-state index in [9.17, 15) is 0 Å². The Morgan fingerprint density at radius 2 is 1.11 bits per heavy atom. The molecule has 1 nitrogen and oxygen atoms in total. The average Bonchev–Trinajstić information content (AvgIpc) is 1.96. The molecular weight excluding hydrogens is 111 g/mol. The van der Waals surface area contributed by atoms with Gasteiger partial charge in [0.05, 0.1) is 0 Å². The zero-order valence-electron chi connectivity index (χ0n) is 7.15. The second-order valence-corrected chi connectivity index (χ2v) is 2.09. The van der Waals surface area contributed by atoms with E-state index in [2.05, 4.69) is 20.8 Å². The lowest BCUT2D eigenvalue weighted by molar-refractivity contribution is 0.399. The van der Waals surface area contributed by atoms with Crippen molar-refractivity contribution in [3.05, 3.63) is 0 Å². The third-order valence-electron chi connectivity index (χ3n) is 1.73. The number of hydrogen-bond acceptors (Lipinski definition) is 1. The van der Waals surface area contributed by atoms with E-state index >= 15 is 0 Å². The van der Waals surface area contributed by atoms with Crippen LogP contribution in [0.4, 0.5) is 0 Å². The van der Waals surface area contributed by atoms with Crippen LogP contribution in [0.1, 0.15) is 20.8 Å². The zero-order chi connectivity index (χ0) is 7.70. The number of hydrogen-bond donors (Lipinski definition) is 1. The van der Waals surface area contributed by atoms with E-state index in [0.29, 0.717) is 0 Å². The SMILES string of the molecule is CCB(CC)CC.CO. The van der Waals surface area contributed by atoms with Crippen molar-refractivity contribution >= 4 is 6.71 Å². The Morgan fingerprint density at radius 1 is 0.889 bits per heavy atom. The molecule has 0 heterocycles. The van der Waals surface area contributed by atoms with Crippen LogP contribution in [-0.4, -0.2) is 18.9 Å². The lowest BCUT2D eigenvalue weighted by Crippen LogP contribution is -2.04. The van der Waals surface area contributed by atoms with Gasteiger partial charge in [0.25, 0.3) is 0 Å². The molecule has 0 aromatic carbocycles. The van der Waals surface area contributed by atoms with Gasteiger partial charge in [0.15, 0.2) is 0 Å². The van der Waals surface area contributed by atoms with Crippen LogP contribution in [0, 0.1) is 0 Å². The van der Waals surface area contributed by atoms with Gasteiger partial charge in [0.1, 0.15) is 6.71 Å². The van der Waals surface area contributed by atoms with E-state index in [0.717, 1.165) is 13.8 Å². The summed E-state index contributed by atoms with van der Waals surface area (Å²) in [7, 11) is 1.00. The van der Waals surface area contributed by atoms with Gasteiger partial charge < -0.3 is 5.11 Å². The minimum Gasteiger partial charge on any atom is -0.400 e. The molecule has 56 valence electrons. The topological polar surface area (TPSA) is 20.2 Å². The summed E-state index contributed by atoms with van der Waals surface area (Å²) in [5.41, 5.74) is 0. The van der Waals surface area contributed by atoms with Crippen molar-refractivity contribution in [1.82, 2.24) is 0 Å². The molecule has 9 heavy (non-hydrogen) atoms. The van der Waals surface area contributed by atoms with Crippen molar-refractivity contribution in [1.29, 1.82) is 0 Å². The molecule has 0 fully saturated rings. The standard InChI is InChI=1S/C6H15B.CH4O/c1-4-7(5-2)6-3;1-2/h4-6H2,1-3H3;2H,1H3. The highest BCUT2D eigenvalue weighted by Gasteiger charge is 2.01. The second kappa shape index (κ2) is 10.9. The molecule has 0 saturated heterocycles. The first-order valence-corrected chi connectivity index (χ1v) is 3.79. The number of aliphatic hydroxyl groups is 1. The number of rotatable bonds is 3. The van der Waals surface area contributed by atoms with Crippen LogP contribution in [0.2, 0.25) is 19.0 Å². The first-order chi connectivity index (χ1) is 4.35. The lowest BCUT2D eigenvalue weighted by atomic mass is 9.44. The summed E-state index contributed by atoms with van der Waals surface area (Å²) < 4.78 is 0. The molecule has 0 unspecified atom stereocenters. The quantitative estimate of drug-likeness (QED) is 0.580. The summed E-state index contributed by atoms with van der Waals surface area (Å²) in [6, 6.07) is 0. The van der Waals surface area contributed by atoms with Gasteiger partial charge in [-0.05, 0) is 0 Å². The molecule has 0 aromatic heterocycles. The molecule has 0 aliphatic carbocycles. The van der Waals surface area contributed by atoms with Crippen molar-refractivity contribution < 1.29 is 5.11 Å². The summed E-state index contributed by atoms with van der Waals surface area (Å²) in [5, 5.41) is 7.00. The van der Waals surface area contributed by atoms with Crippen LogP contribution in [0.5, 0.6) is 0 Å². The summed E-state index contributed by atoms with van der Waals surface area (Å²) in [6.45, 7) is 7.77. The zero-order valence-corrected chi connectivity index (χ0v) is 7.15. The average molecular weight is 130 g/mol. The van der Waals surface area contributed by atoms with Crippen LogP contribution in [0.3, 0.4) is 0 Å². The fourth-order valence-electron chi connectivity index (χ4n) is 0.866. The van der Waals surface area contributed by atoms with Crippen LogP contribution >= 0.6 is 0 Å². The van der Waals surface area contributed by atoms with Crippen molar-refractivity contribution in [2.45, 2.75) is 39.7 Å². The summed E-state index contributed by atoms with van der Waals surface area (Å²) in [4.78, 5) is 0. The van der Waals surface area contributed by atoms with Crippen molar-refractivity contribution in [3.8, 4) is 0 Å². The van der Waals surface area contributed by atoms with Gasteiger partial charge in [-0.3, -0.25) is 0 Å². The van der Waals surface area contributed by atoms with E-state index in [1.54, 1.807) is 0 Å².